The van der Waals surface area contributed by atoms with Crippen LogP contribution in [0.25, 0.3) is 11.3 Å². The fourth-order valence-corrected chi connectivity index (χ4v) is 3.87. The van der Waals surface area contributed by atoms with Crippen molar-refractivity contribution in [1.29, 1.82) is 0 Å². The van der Waals surface area contributed by atoms with E-state index in [4.69, 9.17) is 4.74 Å². The maximum Gasteiger partial charge on any atom is 0.225 e. The highest BCUT2D eigenvalue weighted by Gasteiger charge is 2.14. The van der Waals surface area contributed by atoms with Crippen LogP contribution in [0.2, 0.25) is 0 Å². The van der Waals surface area contributed by atoms with Crippen molar-refractivity contribution in [1.82, 2.24) is 10.3 Å². The van der Waals surface area contributed by atoms with Gasteiger partial charge >= 0.3 is 0 Å². The average molecular weight is 413 g/mol. The molecule has 0 radical (unpaired) electrons. The summed E-state index contributed by atoms with van der Waals surface area (Å²) in [7, 11) is 0. The minimum absolute atomic E-state index is 0.00136. The summed E-state index contributed by atoms with van der Waals surface area (Å²) in [6.07, 6.45) is 1.96. The van der Waals surface area contributed by atoms with Gasteiger partial charge in [0.1, 0.15) is 11.6 Å². The first-order valence-electron chi connectivity index (χ1n) is 9.69. The number of ether oxygens (including phenoxy) is 1. The van der Waals surface area contributed by atoms with Crippen LogP contribution in [0.15, 0.2) is 48.5 Å². The molecule has 0 aliphatic heterocycles. The van der Waals surface area contributed by atoms with Gasteiger partial charge in [0.05, 0.1) is 23.7 Å². The maximum absolute atomic E-state index is 12.8. The number of benzene rings is 2. The van der Waals surface area contributed by atoms with Crippen molar-refractivity contribution in [2.75, 3.05) is 13.2 Å². The zero-order chi connectivity index (χ0) is 20.6. The van der Waals surface area contributed by atoms with Gasteiger partial charge in [-0.3, -0.25) is 4.79 Å². The molecule has 2 aromatic carbocycles. The van der Waals surface area contributed by atoms with E-state index in [0.29, 0.717) is 25.3 Å². The van der Waals surface area contributed by atoms with Crippen LogP contribution in [0, 0.1) is 19.7 Å². The Hall–Kier alpha value is -2.73. The molecule has 0 atom stereocenters. The Morgan fingerprint density at radius 3 is 2.52 bits per heavy atom. The molecular weight excluding hydrogens is 387 g/mol. The lowest BCUT2D eigenvalue weighted by atomic mass is 10.1. The number of halogens is 1. The minimum atomic E-state index is -0.276. The molecule has 152 valence electrons. The summed E-state index contributed by atoms with van der Waals surface area (Å²) in [5.74, 6) is 0.378. The van der Waals surface area contributed by atoms with Crippen molar-refractivity contribution in [2.45, 2.75) is 33.1 Å². The van der Waals surface area contributed by atoms with E-state index in [1.807, 2.05) is 19.1 Å². The average Bonchev–Trinajstić information content (AvgIpc) is 3.06. The van der Waals surface area contributed by atoms with Crippen molar-refractivity contribution in [3.63, 3.8) is 0 Å². The molecule has 1 N–H and O–H groups in total. The van der Waals surface area contributed by atoms with E-state index in [1.54, 1.807) is 23.5 Å². The predicted molar refractivity (Wildman–Crippen MR) is 115 cm³/mol. The monoisotopic (exact) mass is 412 g/mol. The summed E-state index contributed by atoms with van der Waals surface area (Å²) in [4.78, 5) is 18.0. The van der Waals surface area contributed by atoms with Gasteiger partial charge in [-0.05, 0) is 51.0 Å². The third kappa shape index (κ3) is 6.39. The molecule has 1 amide bonds. The standard InChI is InChI=1S/C23H25FN2O2S/c1-16-5-7-18(8-6-16)23-21(29-17(2)26-23)15-22(27)25-13-3-4-14-28-20-11-9-19(24)10-12-20/h5-12H,3-4,13-15H2,1-2H3,(H,25,27). The van der Waals surface area contributed by atoms with Crippen LogP contribution in [0.5, 0.6) is 5.75 Å². The number of carbonyl (C=O) groups excluding carboxylic acids is 1. The molecule has 1 heterocycles. The van der Waals surface area contributed by atoms with E-state index < -0.39 is 0 Å². The Balaban J connectivity index is 1.42. The van der Waals surface area contributed by atoms with Crippen molar-refractivity contribution in [3.8, 4) is 17.0 Å². The fraction of sp³-hybridized carbons (Fsp3) is 0.304. The van der Waals surface area contributed by atoms with Crippen LogP contribution >= 0.6 is 11.3 Å². The molecule has 0 aliphatic carbocycles. The van der Waals surface area contributed by atoms with E-state index in [-0.39, 0.29) is 11.7 Å². The van der Waals surface area contributed by atoms with Gasteiger partial charge < -0.3 is 10.1 Å². The molecule has 4 nitrogen and oxygen atoms in total. The first-order valence-corrected chi connectivity index (χ1v) is 10.5. The van der Waals surface area contributed by atoms with Crippen LogP contribution in [0.4, 0.5) is 4.39 Å². The number of aromatic nitrogens is 1. The van der Waals surface area contributed by atoms with E-state index in [1.165, 1.54) is 17.7 Å². The number of amides is 1. The second kappa shape index (κ2) is 10.2. The number of rotatable bonds is 9. The van der Waals surface area contributed by atoms with Gasteiger partial charge in [-0.15, -0.1) is 11.3 Å². The minimum Gasteiger partial charge on any atom is -0.494 e. The Kier molecular flexibility index (Phi) is 7.36. The van der Waals surface area contributed by atoms with E-state index in [2.05, 4.69) is 29.4 Å². The van der Waals surface area contributed by atoms with Crippen molar-refractivity contribution < 1.29 is 13.9 Å². The molecule has 0 spiro atoms. The Labute approximate surface area is 174 Å². The molecule has 3 aromatic rings. The van der Waals surface area contributed by atoms with Crippen LogP contribution in [0.1, 0.15) is 28.3 Å². The second-order valence-corrected chi connectivity index (χ2v) is 8.19. The largest absolute Gasteiger partial charge is 0.494 e. The van der Waals surface area contributed by atoms with Crippen LogP contribution in [0.3, 0.4) is 0 Å². The van der Waals surface area contributed by atoms with Crippen molar-refractivity contribution >= 4 is 17.2 Å². The maximum atomic E-state index is 12.8. The summed E-state index contributed by atoms with van der Waals surface area (Å²) in [6, 6.07) is 14.2. The van der Waals surface area contributed by atoms with Gasteiger partial charge in [-0.2, -0.15) is 0 Å². The third-order valence-electron chi connectivity index (χ3n) is 4.43. The summed E-state index contributed by atoms with van der Waals surface area (Å²) in [5.41, 5.74) is 3.14. The molecule has 0 saturated heterocycles. The van der Waals surface area contributed by atoms with E-state index in [0.717, 1.165) is 34.0 Å². The van der Waals surface area contributed by atoms with Gasteiger partial charge in [0.25, 0.3) is 0 Å². The molecule has 0 unspecified atom stereocenters. The fourth-order valence-electron chi connectivity index (χ4n) is 2.91. The third-order valence-corrected chi connectivity index (χ3v) is 5.40. The quantitative estimate of drug-likeness (QED) is 0.499. The molecule has 1 aromatic heterocycles. The van der Waals surface area contributed by atoms with Gasteiger partial charge in [0.2, 0.25) is 5.91 Å². The van der Waals surface area contributed by atoms with Crippen LogP contribution in [-0.4, -0.2) is 24.0 Å². The molecule has 0 aliphatic rings. The molecule has 6 heteroatoms. The zero-order valence-electron chi connectivity index (χ0n) is 16.7. The smallest absolute Gasteiger partial charge is 0.225 e. The first-order chi connectivity index (χ1) is 14.0. The number of nitrogens with zero attached hydrogens (tertiary/aromatic N) is 1. The highest BCUT2D eigenvalue weighted by atomic mass is 32.1. The van der Waals surface area contributed by atoms with Gasteiger partial charge in [0.15, 0.2) is 0 Å². The lowest BCUT2D eigenvalue weighted by molar-refractivity contribution is -0.120. The molecule has 0 saturated carbocycles. The molecule has 0 bridgehead atoms. The summed E-state index contributed by atoms with van der Waals surface area (Å²) in [6.45, 7) is 5.15. The Bertz CT molecular complexity index is 937. The number of carbonyl (C=O) groups is 1. The second-order valence-electron chi connectivity index (χ2n) is 6.91. The molecule has 29 heavy (non-hydrogen) atoms. The summed E-state index contributed by atoms with van der Waals surface area (Å²) in [5, 5.41) is 3.93. The summed E-state index contributed by atoms with van der Waals surface area (Å²) < 4.78 is 18.4. The van der Waals surface area contributed by atoms with Crippen molar-refractivity contribution in [2.24, 2.45) is 0 Å². The lowest BCUT2D eigenvalue weighted by Gasteiger charge is -2.07. The highest BCUT2D eigenvalue weighted by Crippen LogP contribution is 2.28. The Morgan fingerprint density at radius 1 is 1.07 bits per heavy atom. The topological polar surface area (TPSA) is 51.2 Å². The summed E-state index contributed by atoms with van der Waals surface area (Å²) >= 11 is 1.57. The van der Waals surface area contributed by atoms with E-state index >= 15 is 0 Å². The number of hydrogen-bond acceptors (Lipinski definition) is 4. The lowest BCUT2D eigenvalue weighted by Crippen LogP contribution is -2.26. The number of hydrogen-bond donors (Lipinski definition) is 1. The normalized spacial score (nSPS) is 10.7. The van der Waals surface area contributed by atoms with Crippen molar-refractivity contribution in [3.05, 3.63) is 69.8 Å². The Morgan fingerprint density at radius 2 is 1.79 bits per heavy atom. The zero-order valence-corrected chi connectivity index (χ0v) is 17.5. The first kappa shape index (κ1) is 21.0. The van der Waals surface area contributed by atoms with Gasteiger partial charge in [0, 0.05) is 17.0 Å². The van der Waals surface area contributed by atoms with Crippen LogP contribution in [-0.2, 0) is 11.2 Å². The molecule has 0 fully saturated rings. The molecular formula is C23H25FN2O2S. The van der Waals surface area contributed by atoms with Gasteiger partial charge in [-0.25, -0.2) is 9.37 Å². The number of aryl methyl sites for hydroxylation is 2. The molecule has 3 rings (SSSR count). The number of thiazole rings is 1. The van der Waals surface area contributed by atoms with Gasteiger partial charge in [-0.1, -0.05) is 29.8 Å². The predicted octanol–water partition coefficient (Wildman–Crippen LogP) is 5.08. The number of unbranched alkanes of at least 4 members (excludes halogenated alkanes) is 1. The SMILES string of the molecule is Cc1ccc(-c2nc(C)sc2CC(=O)NCCCCOc2ccc(F)cc2)cc1. The van der Waals surface area contributed by atoms with Crippen LogP contribution < -0.4 is 10.1 Å². The number of nitrogens with one attached hydrogen (secondary N) is 1. The van der Waals surface area contributed by atoms with E-state index in [9.17, 15) is 9.18 Å². The highest BCUT2D eigenvalue weighted by molar-refractivity contribution is 7.12.